The van der Waals surface area contributed by atoms with Gasteiger partial charge < -0.3 is 10.6 Å². The average Bonchev–Trinajstić information content (AvgIpc) is 2.92. The zero-order chi connectivity index (χ0) is 20.5. The molecule has 0 bridgehead atoms. The molecule has 1 aromatic carbocycles. The molecule has 7 heteroatoms. The van der Waals surface area contributed by atoms with Crippen molar-refractivity contribution in [3.8, 4) is 0 Å². The van der Waals surface area contributed by atoms with Crippen molar-refractivity contribution in [3.05, 3.63) is 65.0 Å². The van der Waals surface area contributed by atoms with Crippen LogP contribution in [0.4, 0.5) is 0 Å². The van der Waals surface area contributed by atoms with Gasteiger partial charge in [-0.05, 0) is 47.9 Å². The van der Waals surface area contributed by atoms with Gasteiger partial charge in [0.15, 0.2) is 0 Å². The van der Waals surface area contributed by atoms with E-state index in [2.05, 4.69) is 4.98 Å². The molecule has 0 atom stereocenters. The highest BCUT2D eigenvalue weighted by Gasteiger charge is 2.36. The lowest BCUT2D eigenvalue weighted by Gasteiger charge is -2.29. The van der Waals surface area contributed by atoms with Gasteiger partial charge in [-0.15, -0.1) is 0 Å². The fraction of sp³-hybridized carbons (Fsp3) is 0.333. The molecule has 2 aromatic rings. The molecule has 146 valence electrons. The lowest BCUT2D eigenvalue weighted by atomic mass is 9.93. The number of imide groups is 1. The second-order valence-electron chi connectivity index (χ2n) is 7.84. The fourth-order valence-electron chi connectivity index (χ4n) is 3.24. The number of nitrogens with two attached hydrogens (primary N) is 1. The third-order valence-corrected chi connectivity index (χ3v) is 4.87. The van der Waals surface area contributed by atoms with Gasteiger partial charge in [0.05, 0.1) is 17.7 Å². The summed E-state index contributed by atoms with van der Waals surface area (Å²) in [5.41, 5.74) is 7.30. The summed E-state index contributed by atoms with van der Waals surface area (Å²) in [7, 11) is 1.70. The Labute approximate surface area is 164 Å². The SMILES string of the molecule is CN(CC(C)(C)CN)C(=O)c1ccc2c(c1)C(=O)N(Cc1ccncc1)C2=O. The normalized spacial score (nSPS) is 13.6. The van der Waals surface area contributed by atoms with Crippen molar-refractivity contribution in [2.24, 2.45) is 11.1 Å². The van der Waals surface area contributed by atoms with Crippen molar-refractivity contribution in [2.75, 3.05) is 20.1 Å². The van der Waals surface area contributed by atoms with E-state index in [-0.39, 0.29) is 29.3 Å². The first kappa shape index (κ1) is 19.7. The van der Waals surface area contributed by atoms with E-state index in [9.17, 15) is 14.4 Å². The number of benzene rings is 1. The minimum absolute atomic E-state index is 0.169. The van der Waals surface area contributed by atoms with Gasteiger partial charge in [0.1, 0.15) is 0 Å². The third-order valence-electron chi connectivity index (χ3n) is 4.87. The third kappa shape index (κ3) is 3.80. The van der Waals surface area contributed by atoms with Gasteiger partial charge in [0.25, 0.3) is 17.7 Å². The molecule has 1 aliphatic rings. The van der Waals surface area contributed by atoms with Crippen LogP contribution in [-0.2, 0) is 6.54 Å². The maximum Gasteiger partial charge on any atom is 0.261 e. The van der Waals surface area contributed by atoms with Crippen molar-refractivity contribution in [3.63, 3.8) is 0 Å². The molecule has 0 spiro atoms. The summed E-state index contributed by atoms with van der Waals surface area (Å²) in [5, 5.41) is 0. The molecule has 3 amide bonds. The van der Waals surface area contributed by atoms with E-state index in [4.69, 9.17) is 5.73 Å². The Morgan fingerprint density at radius 1 is 1.11 bits per heavy atom. The van der Waals surface area contributed by atoms with E-state index in [1.165, 1.54) is 11.0 Å². The molecule has 7 nitrogen and oxygen atoms in total. The number of pyridine rings is 1. The summed E-state index contributed by atoms with van der Waals surface area (Å²) in [6, 6.07) is 8.17. The highest BCUT2D eigenvalue weighted by atomic mass is 16.2. The minimum atomic E-state index is -0.392. The van der Waals surface area contributed by atoms with Gasteiger partial charge in [0, 0.05) is 31.5 Å². The lowest BCUT2D eigenvalue weighted by molar-refractivity contribution is 0.0642. The first-order valence-electron chi connectivity index (χ1n) is 9.08. The van der Waals surface area contributed by atoms with Crippen LogP contribution >= 0.6 is 0 Å². The maximum absolute atomic E-state index is 12.8. The summed E-state index contributed by atoms with van der Waals surface area (Å²) in [4.78, 5) is 44.9. The molecule has 28 heavy (non-hydrogen) atoms. The predicted octanol–water partition coefficient (Wildman–Crippen LogP) is 1.93. The molecule has 0 aliphatic carbocycles. The molecule has 3 rings (SSSR count). The quantitative estimate of drug-likeness (QED) is 0.773. The first-order valence-corrected chi connectivity index (χ1v) is 9.08. The Morgan fingerprint density at radius 2 is 1.75 bits per heavy atom. The molecular formula is C21H24N4O3. The Hall–Kier alpha value is -3.06. The number of rotatable bonds is 6. The number of aromatic nitrogens is 1. The number of carbonyl (C=O) groups is 3. The minimum Gasteiger partial charge on any atom is -0.341 e. The van der Waals surface area contributed by atoms with E-state index in [1.807, 2.05) is 13.8 Å². The van der Waals surface area contributed by atoms with E-state index < -0.39 is 5.91 Å². The van der Waals surface area contributed by atoms with Crippen molar-refractivity contribution >= 4 is 17.7 Å². The number of nitrogens with zero attached hydrogens (tertiary/aromatic N) is 3. The number of fused-ring (bicyclic) bond motifs is 1. The number of amides is 3. The van der Waals surface area contributed by atoms with Crippen molar-refractivity contribution in [2.45, 2.75) is 20.4 Å². The fourth-order valence-corrected chi connectivity index (χ4v) is 3.24. The van der Waals surface area contributed by atoms with Crippen LogP contribution in [0, 0.1) is 5.41 Å². The van der Waals surface area contributed by atoms with Crippen LogP contribution in [0.3, 0.4) is 0 Å². The summed E-state index contributed by atoms with van der Waals surface area (Å²) in [5.74, 6) is -0.956. The predicted molar refractivity (Wildman–Crippen MR) is 105 cm³/mol. The smallest absolute Gasteiger partial charge is 0.261 e. The Morgan fingerprint density at radius 3 is 2.39 bits per heavy atom. The zero-order valence-corrected chi connectivity index (χ0v) is 16.3. The van der Waals surface area contributed by atoms with Crippen molar-refractivity contribution in [1.29, 1.82) is 0 Å². The first-order chi connectivity index (χ1) is 13.2. The second kappa shape index (κ2) is 7.52. The largest absolute Gasteiger partial charge is 0.341 e. The van der Waals surface area contributed by atoms with Crippen LogP contribution in [0.25, 0.3) is 0 Å². The molecule has 1 aliphatic heterocycles. The topological polar surface area (TPSA) is 96.6 Å². The van der Waals surface area contributed by atoms with E-state index in [1.54, 1.807) is 48.6 Å². The Bertz CT molecular complexity index is 925. The molecule has 0 radical (unpaired) electrons. The Balaban J connectivity index is 1.82. The standard InChI is InChI=1S/C21H24N4O3/c1-21(2,12-22)13-24(3)18(26)15-4-5-16-17(10-15)20(28)25(19(16)27)11-14-6-8-23-9-7-14/h4-10H,11-13,22H2,1-3H3. The van der Waals surface area contributed by atoms with Crippen LogP contribution in [-0.4, -0.2) is 52.6 Å². The lowest BCUT2D eigenvalue weighted by Crippen LogP contribution is -2.39. The number of hydrogen-bond acceptors (Lipinski definition) is 5. The molecule has 0 fully saturated rings. The van der Waals surface area contributed by atoms with Crippen molar-refractivity contribution in [1.82, 2.24) is 14.8 Å². The molecule has 0 saturated heterocycles. The van der Waals surface area contributed by atoms with Gasteiger partial charge in [-0.3, -0.25) is 24.3 Å². The molecule has 2 N–H and O–H groups in total. The number of hydrogen-bond donors (Lipinski definition) is 1. The van der Waals surface area contributed by atoms with Crippen molar-refractivity contribution < 1.29 is 14.4 Å². The number of carbonyl (C=O) groups excluding carboxylic acids is 3. The van der Waals surface area contributed by atoms with Gasteiger partial charge >= 0.3 is 0 Å². The maximum atomic E-state index is 12.8. The van der Waals surface area contributed by atoms with Gasteiger partial charge in [-0.2, -0.15) is 0 Å². The average molecular weight is 380 g/mol. The van der Waals surface area contributed by atoms with Crippen LogP contribution in [0.1, 0.15) is 50.5 Å². The van der Waals surface area contributed by atoms with Crippen LogP contribution in [0.2, 0.25) is 0 Å². The highest BCUT2D eigenvalue weighted by Crippen LogP contribution is 2.26. The van der Waals surface area contributed by atoms with Crippen LogP contribution < -0.4 is 5.73 Å². The summed E-state index contributed by atoms with van der Waals surface area (Å²) >= 11 is 0. The van der Waals surface area contributed by atoms with Gasteiger partial charge in [-0.1, -0.05) is 13.8 Å². The van der Waals surface area contributed by atoms with E-state index in [0.717, 1.165) is 5.56 Å². The summed E-state index contributed by atoms with van der Waals surface area (Å²) in [6.45, 7) is 5.08. The molecule has 0 saturated carbocycles. The van der Waals surface area contributed by atoms with E-state index in [0.29, 0.717) is 24.2 Å². The summed E-state index contributed by atoms with van der Waals surface area (Å²) in [6.07, 6.45) is 3.23. The van der Waals surface area contributed by atoms with Gasteiger partial charge in [0.2, 0.25) is 0 Å². The van der Waals surface area contributed by atoms with Crippen LogP contribution in [0.5, 0.6) is 0 Å². The van der Waals surface area contributed by atoms with Crippen LogP contribution in [0.15, 0.2) is 42.7 Å². The molecule has 0 unspecified atom stereocenters. The highest BCUT2D eigenvalue weighted by molar-refractivity contribution is 6.22. The van der Waals surface area contributed by atoms with Gasteiger partial charge in [-0.25, -0.2) is 0 Å². The molecule has 2 heterocycles. The molecular weight excluding hydrogens is 356 g/mol. The monoisotopic (exact) mass is 380 g/mol. The molecule has 1 aromatic heterocycles. The Kier molecular flexibility index (Phi) is 5.29. The summed E-state index contributed by atoms with van der Waals surface area (Å²) < 4.78 is 0. The second-order valence-corrected chi connectivity index (χ2v) is 7.84. The van der Waals surface area contributed by atoms with E-state index >= 15 is 0 Å². The zero-order valence-electron chi connectivity index (χ0n) is 16.3.